The van der Waals surface area contributed by atoms with E-state index in [-0.39, 0.29) is 49.9 Å². The van der Waals surface area contributed by atoms with E-state index in [1.165, 1.54) is 12.0 Å². The number of hydrogen-bond donors (Lipinski definition) is 2. The number of anilines is 1. The zero-order chi connectivity index (χ0) is 16.5. The predicted molar refractivity (Wildman–Crippen MR) is 91.0 cm³/mol. The van der Waals surface area contributed by atoms with Crippen molar-refractivity contribution in [3.8, 4) is 5.75 Å². The Morgan fingerprint density at radius 2 is 1.87 bits per heavy atom. The molecule has 1 atom stereocenters. The molecular weight excluding hydrogens is 322 g/mol. The van der Waals surface area contributed by atoms with Gasteiger partial charge >= 0.3 is 0 Å². The molecule has 3 N–H and O–H groups in total. The fraction of sp³-hybridized carbons (Fsp3) is 0.467. The summed E-state index contributed by atoms with van der Waals surface area (Å²) in [6, 6.07) is 6.79. The van der Waals surface area contributed by atoms with Gasteiger partial charge in [-0.15, -0.1) is 12.4 Å². The van der Waals surface area contributed by atoms with Crippen molar-refractivity contribution in [2.75, 3.05) is 39.7 Å². The first kappa shape index (κ1) is 21.2. The number of halogens is 1. The van der Waals surface area contributed by atoms with Crippen molar-refractivity contribution in [2.24, 2.45) is 5.73 Å². The monoisotopic (exact) mass is 345 g/mol. The average Bonchev–Trinajstić information content (AvgIpc) is 2.51. The lowest BCUT2D eigenvalue weighted by atomic mass is 10.2. The molecule has 7 nitrogen and oxygen atoms in total. The van der Waals surface area contributed by atoms with Crippen molar-refractivity contribution in [1.82, 2.24) is 4.90 Å². The summed E-state index contributed by atoms with van der Waals surface area (Å²) in [6.45, 7) is 0.265. The minimum Gasteiger partial charge on any atom is -0.484 e. The van der Waals surface area contributed by atoms with Crippen molar-refractivity contribution < 1.29 is 19.1 Å². The molecule has 1 aromatic rings. The Morgan fingerprint density at radius 1 is 1.26 bits per heavy atom. The highest BCUT2D eigenvalue weighted by Gasteiger charge is 2.11. The maximum atomic E-state index is 11.8. The number of carbonyl (C=O) groups is 2. The van der Waals surface area contributed by atoms with Crippen LogP contribution in [0.15, 0.2) is 24.3 Å². The number of rotatable bonds is 8. The number of nitrogens with zero attached hydrogens (tertiary/aromatic N) is 1. The number of hydrogen-bond acceptors (Lipinski definition) is 5. The van der Waals surface area contributed by atoms with Crippen LogP contribution in [0.5, 0.6) is 5.75 Å². The summed E-state index contributed by atoms with van der Waals surface area (Å²) in [7, 11) is 4.85. The minimum absolute atomic E-state index is 0. The molecule has 0 aromatic heterocycles. The van der Waals surface area contributed by atoms with Crippen LogP contribution < -0.4 is 15.8 Å². The van der Waals surface area contributed by atoms with Crippen LogP contribution in [0, 0.1) is 0 Å². The number of ether oxygens (including phenoxy) is 2. The van der Waals surface area contributed by atoms with E-state index in [9.17, 15) is 9.59 Å². The molecule has 0 saturated heterocycles. The van der Waals surface area contributed by atoms with E-state index in [0.717, 1.165) is 0 Å². The minimum atomic E-state index is -0.292. The van der Waals surface area contributed by atoms with Crippen LogP contribution in [0.3, 0.4) is 0 Å². The summed E-state index contributed by atoms with van der Waals surface area (Å²) in [5.41, 5.74) is 6.11. The van der Waals surface area contributed by atoms with Crippen LogP contribution in [-0.4, -0.2) is 57.2 Å². The lowest BCUT2D eigenvalue weighted by molar-refractivity contribution is -0.130. The lowest BCUT2D eigenvalue weighted by Gasteiger charge is -2.13. The van der Waals surface area contributed by atoms with Gasteiger partial charge in [-0.2, -0.15) is 0 Å². The van der Waals surface area contributed by atoms with Gasteiger partial charge in [-0.3, -0.25) is 9.59 Å². The van der Waals surface area contributed by atoms with E-state index in [2.05, 4.69) is 5.32 Å². The van der Waals surface area contributed by atoms with Gasteiger partial charge in [0.15, 0.2) is 6.61 Å². The van der Waals surface area contributed by atoms with Crippen LogP contribution in [0.2, 0.25) is 0 Å². The van der Waals surface area contributed by atoms with Crippen LogP contribution in [0.1, 0.15) is 6.42 Å². The fourth-order valence-electron chi connectivity index (χ4n) is 1.59. The van der Waals surface area contributed by atoms with Gasteiger partial charge in [0, 0.05) is 33.4 Å². The van der Waals surface area contributed by atoms with Gasteiger partial charge in [-0.1, -0.05) is 0 Å². The summed E-state index contributed by atoms with van der Waals surface area (Å²) in [5.74, 6) is 0.267. The van der Waals surface area contributed by atoms with E-state index in [4.69, 9.17) is 15.2 Å². The maximum Gasteiger partial charge on any atom is 0.259 e. The summed E-state index contributed by atoms with van der Waals surface area (Å²) in [4.78, 5) is 24.7. The van der Waals surface area contributed by atoms with Gasteiger partial charge in [-0.05, 0) is 24.3 Å². The number of methoxy groups -OCH3 is 1. The Kier molecular flexibility index (Phi) is 9.96. The van der Waals surface area contributed by atoms with Crippen molar-refractivity contribution in [3.63, 3.8) is 0 Å². The molecule has 0 aliphatic rings. The number of nitrogens with one attached hydrogen (secondary N) is 1. The van der Waals surface area contributed by atoms with Gasteiger partial charge in [0.25, 0.3) is 5.91 Å². The summed E-state index contributed by atoms with van der Waals surface area (Å²) < 4.78 is 10.4. The second-order valence-corrected chi connectivity index (χ2v) is 4.95. The Labute approximate surface area is 142 Å². The van der Waals surface area contributed by atoms with Gasteiger partial charge in [-0.25, -0.2) is 0 Å². The normalized spacial score (nSPS) is 11.1. The number of amides is 2. The summed E-state index contributed by atoms with van der Waals surface area (Å²) in [5, 5.41) is 2.75. The van der Waals surface area contributed by atoms with E-state index in [1.807, 2.05) is 0 Å². The Morgan fingerprint density at radius 3 is 2.35 bits per heavy atom. The Hall–Kier alpha value is -1.83. The zero-order valence-corrected chi connectivity index (χ0v) is 14.4. The van der Waals surface area contributed by atoms with Gasteiger partial charge < -0.3 is 25.4 Å². The largest absolute Gasteiger partial charge is 0.484 e. The average molecular weight is 346 g/mol. The molecule has 0 aliphatic carbocycles. The molecule has 8 heteroatoms. The predicted octanol–water partition coefficient (Wildman–Crippen LogP) is 0.878. The molecule has 1 rings (SSSR count). The topological polar surface area (TPSA) is 93.9 Å². The van der Waals surface area contributed by atoms with Gasteiger partial charge in [0.2, 0.25) is 5.91 Å². The molecule has 0 fully saturated rings. The first-order chi connectivity index (χ1) is 10.5. The van der Waals surface area contributed by atoms with Crippen LogP contribution >= 0.6 is 12.4 Å². The van der Waals surface area contributed by atoms with Crippen LogP contribution in [-0.2, 0) is 14.3 Å². The fourth-order valence-corrected chi connectivity index (χ4v) is 1.59. The van der Waals surface area contributed by atoms with E-state index in [0.29, 0.717) is 11.4 Å². The molecule has 0 heterocycles. The van der Waals surface area contributed by atoms with Crippen molar-refractivity contribution in [1.29, 1.82) is 0 Å². The smallest absolute Gasteiger partial charge is 0.259 e. The molecule has 1 unspecified atom stereocenters. The highest BCUT2D eigenvalue weighted by atomic mass is 35.5. The molecule has 0 radical (unpaired) electrons. The molecule has 2 amide bonds. The summed E-state index contributed by atoms with van der Waals surface area (Å²) in [6.07, 6.45) is -0.0950. The molecule has 0 aliphatic heterocycles. The molecule has 0 spiro atoms. The second-order valence-electron chi connectivity index (χ2n) is 4.95. The second kappa shape index (κ2) is 10.8. The molecule has 130 valence electrons. The number of benzene rings is 1. The van der Waals surface area contributed by atoms with Crippen molar-refractivity contribution in [3.05, 3.63) is 24.3 Å². The van der Waals surface area contributed by atoms with Crippen molar-refractivity contribution in [2.45, 2.75) is 12.5 Å². The van der Waals surface area contributed by atoms with Crippen LogP contribution in [0.25, 0.3) is 0 Å². The van der Waals surface area contributed by atoms with E-state index < -0.39 is 0 Å². The molecule has 1 aromatic carbocycles. The molecular formula is C15H24ClN3O4. The third-order valence-electron chi connectivity index (χ3n) is 3.01. The van der Waals surface area contributed by atoms with Gasteiger partial charge in [0.1, 0.15) is 5.75 Å². The Balaban J connectivity index is 0.00000484. The first-order valence-electron chi connectivity index (χ1n) is 6.92. The third kappa shape index (κ3) is 7.83. The van der Waals surface area contributed by atoms with Crippen molar-refractivity contribution >= 4 is 29.9 Å². The van der Waals surface area contributed by atoms with E-state index in [1.54, 1.807) is 38.4 Å². The lowest BCUT2D eigenvalue weighted by Crippen LogP contribution is -2.28. The van der Waals surface area contributed by atoms with Crippen LogP contribution in [0.4, 0.5) is 5.69 Å². The quantitative estimate of drug-likeness (QED) is 0.729. The van der Waals surface area contributed by atoms with E-state index >= 15 is 0 Å². The molecule has 0 saturated carbocycles. The number of likely N-dealkylation sites (N-methyl/N-ethyl adjacent to an activating group) is 1. The summed E-state index contributed by atoms with van der Waals surface area (Å²) >= 11 is 0. The first-order valence-corrected chi connectivity index (χ1v) is 6.92. The highest BCUT2D eigenvalue weighted by molar-refractivity contribution is 5.91. The third-order valence-corrected chi connectivity index (χ3v) is 3.01. The zero-order valence-electron chi connectivity index (χ0n) is 13.6. The SMILES string of the molecule is COC(CN)CC(=O)Nc1ccc(OCC(=O)N(C)C)cc1.Cl. The Bertz CT molecular complexity index is 490. The number of nitrogens with two attached hydrogens (primary N) is 1. The molecule has 0 bridgehead atoms. The standard InChI is InChI=1S/C15H23N3O4.ClH/c1-18(2)15(20)10-22-12-6-4-11(5-7-12)17-14(19)8-13(9-16)21-3;/h4-7,13H,8-10,16H2,1-3H3,(H,17,19);1H. The highest BCUT2D eigenvalue weighted by Crippen LogP contribution is 2.16. The maximum absolute atomic E-state index is 11.8. The number of carbonyl (C=O) groups excluding carboxylic acids is 2. The molecule has 23 heavy (non-hydrogen) atoms. The van der Waals surface area contributed by atoms with Gasteiger partial charge in [0.05, 0.1) is 12.5 Å².